The van der Waals surface area contributed by atoms with Crippen LogP contribution >= 0.6 is 23.1 Å². The topological polar surface area (TPSA) is 72.7 Å². The molecule has 1 atom stereocenters. The first kappa shape index (κ1) is 15.5. The smallest absolute Gasteiger partial charge is 0.233 e. The number of carbonyl (C=O) groups excluding carboxylic acids is 1. The first-order valence-corrected chi connectivity index (χ1v) is 9.24. The summed E-state index contributed by atoms with van der Waals surface area (Å²) < 4.78 is 1.89. The Hall–Kier alpha value is -1.41. The molecule has 1 aliphatic carbocycles. The third kappa shape index (κ3) is 3.67. The summed E-state index contributed by atoms with van der Waals surface area (Å²) in [6, 6.07) is 4.39. The minimum Gasteiger partial charge on any atom is -0.350 e. The van der Waals surface area contributed by atoms with E-state index in [1.807, 2.05) is 29.1 Å². The predicted molar refractivity (Wildman–Crippen MR) is 86.8 cm³/mol. The average Bonchev–Trinajstić information content (AvgIpc) is 3.25. The maximum Gasteiger partial charge on any atom is 0.233 e. The minimum absolute atomic E-state index is 0.0133. The summed E-state index contributed by atoms with van der Waals surface area (Å²) in [6.07, 6.45) is 4.70. The van der Waals surface area contributed by atoms with E-state index in [0.717, 1.165) is 22.9 Å². The van der Waals surface area contributed by atoms with Crippen LogP contribution in [0.4, 0.5) is 0 Å². The van der Waals surface area contributed by atoms with E-state index in [4.69, 9.17) is 0 Å². The molecule has 0 unspecified atom stereocenters. The molecule has 1 saturated carbocycles. The number of nitrogens with zero attached hydrogens (tertiary/aromatic N) is 4. The summed E-state index contributed by atoms with van der Waals surface area (Å²) >= 11 is 3.07. The van der Waals surface area contributed by atoms with Crippen LogP contribution in [0.5, 0.6) is 0 Å². The quantitative estimate of drug-likeness (QED) is 0.820. The highest BCUT2D eigenvalue weighted by molar-refractivity contribution is 8.00. The van der Waals surface area contributed by atoms with Gasteiger partial charge in [-0.25, -0.2) is 4.68 Å². The van der Waals surface area contributed by atoms with Gasteiger partial charge in [-0.2, -0.15) is 0 Å². The summed E-state index contributed by atoms with van der Waals surface area (Å²) in [6.45, 7) is 2.47. The van der Waals surface area contributed by atoms with Gasteiger partial charge < -0.3 is 5.32 Å². The summed E-state index contributed by atoms with van der Waals surface area (Å²) in [4.78, 5) is 13.3. The zero-order valence-corrected chi connectivity index (χ0v) is 14.1. The molecular formula is C14H19N5OS2. The number of carbonyl (C=O) groups is 1. The number of hydrogen-bond acceptors (Lipinski definition) is 6. The molecule has 0 aromatic carbocycles. The van der Waals surface area contributed by atoms with Crippen LogP contribution in [-0.2, 0) is 11.3 Å². The van der Waals surface area contributed by atoms with Crippen molar-refractivity contribution in [3.8, 4) is 0 Å². The number of nitrogens with one attached hydrogen (secondary N) is 1. The Morgan fingerprint density at radius 2 is 2.36 bits per heavy atom. The zero-order chi connectivity index (χ0) is 15.4. The van der Waals surface area contributed by atoms with Crippen molar-refractivity contribution in [1.29, 1.82) is 0 Å². The van der Waals surface area contributed by atoms with Crippen LogP contribution in [-0.4, -0.2) is 31.4 Å². The van der Waals surface area contributed by atoms with Crippen molar-refractivity contribution in [3.05, 3.63) is 22.4 Å². The first-order valence-electron chi connectivity index (χ1n) is 7.48. The summed E-state index contributed by atoms with van der Waals surface area (Å²) in [5, 5.41) is 17.5. The van der Waals surface area contributed by atoms with E-state index in [2.05, 4.69) is 20.8 Å². The Morgan fingerprint density at radius 1 is 1.55 bits per heavy atom. The van der Waals surface area contributed by atoms with E-state index >= 15 is 0 Å². The summed E-state index contributed by atoms with van der Waals surface area (Å²) in [5.74, 6) is 0.0133. The van der Waals surface area contributed by atoms with Crippen LogP contribution in [0.2, 0.25) is 0 Å². The summed E-state index contributed by atoms with van der Waals surface area (Å²) in [5.41, 5.74) is 0. The zero-order valence-electron chi connectivity index (χ0n) is 12.4. The van der Waals surface area contributed by atoms with Crippen molar-refractivity contribution in [2.75, 3.05) is 0 Å². The lowest BCUT2D eigenvalue weighted by Crippen LogP contribution is -2.30. The Morgan fingerprint density at radius 3 is 3.09 bits per heavy atom. The lowest BCUT2D eigenvalue weighted by atomic mass is 10.3. The minimum atomic E-state index is -0.217. The molecule has 0 aliphatic heterocycles. The Balaban J connectivity index is 1.55. The Labute approximate surface area is 137 Å². The molecule has 2 aromatic rings. The molecule has 6 nitrogen and oxygen atoms in total. The van der Waals surface area contributed by atoms with E-state index in [1.165, 1.54) is 24.6 Å². The van der Waals surface area contributed by atoms with Gasteiger partial charge in [0.25, 0.3) is 0 Å². The molecule has 0 radical (unpaired) electrons. The monoisotopic (exact) mass is 337 g/mol. The highest BCUT2D eigenvalue weighted by Crippen LogP contribution is 2.32. The van der Waals surface area contributed by atoms with Gasteiger partial charge in [0.15, 0.2) is 0 Å². The standard InChI is InChI=1S/C14H19N5OS2/c1-10(13(20)15-9-12-7-4-8-21-12)22-14-16-17-18-19(14)11-5-2-3-6-11/h4,7-8,10-11H,2-3,5-6,9H2,1H3,(H,15,20)/t10-/m0/s1. The highest BCUT2D eigenvalue weighted by atomic mass is 32.2. The molecule has 0 bridgehead atoms. The number of thiophene rings is 1. The average molecular weight is 337 g/mol. The number of amides is 1. The van der Waals surface area contributed by atoms with Gasteiger partial charge in [-0.3, -0.25) is 4.79 Å². The molecule has 0 spiro atoms. The molecule has 1 N–H and O–H groups in total. The van der Waals surface area contributed by atoms with Crippen LogP contribution < -0.4 is 5.32 Å². The SMILES string of the molecule is C[C@H](Sc1nnnn1C1CCCC1)C(=O)NCc1cccs1. The van der Waals surface area contributed by atoms with Crippen molar-refractivity contribution < 1.29 is 4.79 Å². The number of tetrazole rings is 1. The molecule has 118 valence electrons. The van der Waals surface area contributed by atoms with Crippen LogP contribution in [0.15, 0.2) is 22.7 Å². The molecule has 3 rings (SSSR count). The van der Waals surface area contributed by atoms with Gasteiger partial charge in [0.2, 0.25) is 11.1 Å². The second kappa shape index (κ2) is 7.23. The third-order valence-electron chi connectivity index (χ3n) is 3.80. The van der Waals surface area contributed by atoms with Gasteiger partial charge in [0, 0.05) is 4.88 Å². The normalized spacial score (nSPS) is 16.8. The van der Waals surface area contributed by atoms with Crippen molar-refractivity contribution in [1.82, 2.24) is 25.5 Å². The molecule has 1 aliphatic rings. The van der Waals surface area contributed by atoms with E-state index in [1.54, 1.807) is 11.3 Å². The van der Waals surface area contributed by atoms with Crippen LogP contribution in [0, 0.1) is 0 Å². The Bertz CT molecular complexity index is 607. The third-order valence-corrected chi connectivity index (χ3v) is 5.73. The van der Waals surface area contributed by atoms with Crippen molar-refractivity contribution in [2.45, 2.75) is 55.6 Å². The van der Waals surface area contributed by atoms with Gasteiger partial charge in [0.1, 0.15) is 0 Å². The lowest BCUT2D eigenvalue weighted by Gasteiger charge is -2.14. The lowest BCUT2D eigenvalue weighted by molar-refractivity contribution is -0.120. The van der Waals surface area contributed by atoms with Crippen LogP contribution in [0.25, 0.3) is 0 Å². The fraction of sp³-hybridized carbons (Fsp3) is 0.571. The number of hydrogen-bond donors (Lipinski definition) is 1. The molecule has 1 amide bonds. The molecule has 2 aromatic heterocycles. The van der Waals surface area contributed by atoms with E-state index in [0.29, 0.717) is 12.6 Å². The van der Waals surface area contributed by atoms with Gasteiger partial charge in [-0.1, -0.05) is 30.7 Å². The van der Waals surface area contributed by atoms with E-state index in [-0.39, 0.29) is 11.2 Å². The Kier molecular flexibility index (Phi) is 5.09. The fourth-order valence-corrected chi connectivity index (χ4v) is 4.11. The van der Waals surface area contributed by atoms with Crippen LogP contribution in [0.3, 0.4) is 0 Å². The largest absolute Gasteiger partial charge is 0.350 e. The second-order valence-electron chi connectivity index (χ2n) is 5.40. The molecular weight excluding hydrogens is 318 g/mol. The number of aromatic nitrogens is 4. The molecule has 0 saturated heterocycles. The summed E-state index contributed by atoms with van der Waals surface area (Å²) in [7, 11) is 0. The maximum absolute atomic E-state index is 12.2. The predicted octanol–water partition coefficient (Wildman–Crippen LogP) is 2.65. The van der Waals surface area contributed by atoms with Crippen LogP contribution in [0.1, 0.15) is 43.5 Å². The molecule has 1 fully saturated rings. The molecule has 8 heteroatoms. The van der Waals surface area contributed by atoms with E-state index < -0.39 is 0 Å². The number of rotatable bonds is 6. The van der Waals surface area contributed by atoms with Gasteiger partial charge in [-0.15, -0.1) is 16.4 Å². The van der Waals surface area contributed by atoms with Crippen molar-refractivity contribution >= 4 is 29.0 Å². The van der Waals surface area contributed by atoms with Crippen molar-refractivity contribution in [3.63, 3.8) is 0 Å². The second-order valence-corrected chi connectivity index (χ2v) is 7.74. The highest BCUT2D eigenvalue weighted by Gasteiger charge is 2.24. The van der Waals surface area contributed by atoms with Gasteiger partial charge in [-0.05, 0) is 41.6 Å². The fourth-order valence-electron chi connectivity index (χ4n) is 2.58. The molecule has 2 heterocycles. The van der Waals surface area contributed by atoms with Gasteiger partial charge >= 0.3 is 0 Å². The van der Waals surface area contributed by atoms with Gasteiger partial charge in [0.05, 0.1) is 17.8 Å². The first-order chi connectivity index (χ1) is 10.7. The maximum atomic E-state index is 12.2. The molecule has 22 heavy (non-hydrogen) atoms. The number of thioether (sulfide) groups is 1. The van der Waals surface area contributed by atoms with Crippen molar-refractivity contribution in [2.24, 2.45) is 0 Å². The van der Waals surface area contributed by atoms with E-state index in [9.17, 15) is 4.79 Å².